The number of amides is 2. The summed E-state index contributed by atoms with van der Waals surface area (Å²) in [7, 11) is 1.27. The first kappa shape index (κ1) is 16.8. The summed E-state index contributed by atoms with van der Waals surface area (Å²) >= 11 is 0. The van der Waals surface area contributed by atoms with Gasteiger partial charge in [0.25, 0.3) is 0 Å². The molecule has 0 heterocycles. The fourth-order valence-electron chi connectivity index (χ4n) is 1.43. The quantitative estimate of drug-likeness (QED) is 0.698. The SMILES string of the molecule is COC(CNC(=O)Nc1ccc(F)c(F)c1F)CC(=O)O. The van der Waals surface area contributed by atoms with Gasteiger partial charge < -0.3 is 20.5 Å². The smallest absolute Gasteiger partial charge is 0.319 e. The van der Waals surface area contributed by atoms with Gasteiger partial charge in [0.2, 0.25) is 0 Å². The minimum Gasteiger partial charge on any atom is -0.481 e. The molecule has 0 aromatic heterocycles. The Bertz CT molecular complexity index is 539. The zero-order valence-electron chi connectivity index (χ0n) is 11.0. The van der Waals surface area contributed by atoms with E-state index in [1.807, 2.05) is 5.32 Å². The number of benzene rings is 1. The Kier molecular flexibility index (Phi) is 5.97. The first-order valence-electron chi connectivity index (χ1n) is 5.78. The van der Waals surface area contributed by atoms with Crippen LogP contribution in [0.5, 0.6) is 0 Å². The van der Waals surface area contributed by atoms with Crippen LogP contribution >= 0.6 is 0 Å². The lowest BCUT2D eigenvalue weighted by molar-refractivity contribution is -0.139. The molecular weight excluding hydrogens is 293 g/mol. The third-order valence-electron chi connectivity index (χ3n) is 2.51. The predicted octanol–water partition coefficient (Wildman–Crippen LogP) is 1.72. The molecule has 0 radical (unpaired) electrons. The summed E-state index contributed by atoms with van der Waals surface area (Å²) in [6, 6.07) is 0.613. The maximum atomic E-state index is 13.3. The molecule has 9 heteroatoms. The molecule has 21 heavy (non-hydrogen) atoms. The second kappa shape index (κ2) is 7.48. The van der Waals surface area contributed by atoms with Gasteiger partial charge in [-0.2, -0.15) is 0 Å². The van der Waals surface area contributed by atoms with E-state index in [1.165, 1.54) is 7.11 Å². The van der Waals surface area contributed by atoms with Crippen LogP contribution in [-0.4, -0.2) is 36.9 Å². The number of anilines is 1. The molecule has 1 atom stereocenters. The molecule has 1 rings (SSSR count). The van der Waals surface area contributed by atoms with E-state index in [0.29, 0.717) is 6.07 Å². The van der Waals surface area contributed by atoms with Gasteiger partial charge in [-0.25, -0.2) is 18.0 Å². The van der Waals surface area contributed by atoms with Crippen molar-refractivity contribution in [3.63, 3.8) is 0 Å². The van der Waals surface area contributed by atoms with Crippen molar-refractivity contribution >= 4 is 17.7 Å². The van der Waals surface area contributed by atoms with E-state index in [-0.39, 0.29) is 13.0 Å². The second-order valence-electron chi connectivity index (χ2n) is 4.01. The number of rotatable bonds is 6. The molecule has 0 aliphatic heterocycles. The molecule has 0 fully saturated rings. The van der Waals surface area contributed by atoms with Gasteiger partial charge in [-0.05, 0) is 12.1 Å². The fourth-order valence-corrected chi connectivity index (χ4v) is 1.43. The Hall–Kier alpha value is -2.29. The van der Waals surface area contributed by atoms with Gasteiger partial charge in [0.15, 0.2) is 17.5 Å². The van der Waals surface area contributed by atoms with Crippen molar-refractivity contribution in [2.45, 2.75) is 12.5 Å². The summed E-state index contributed by atoms with van der Waals surface area (Å²) in [5.41, 5.74) is -0.543. The van der Waals surface area contributed by atoms with Gasteiger partial charge in [0.05, 0.1) is 18.2 Å². The van der Waals surface area contributed by atoms with Crippen LogP contribution in [-0.2, 0) is 9.53 Å². The molecule has 1 unspecified atom stereocenters. The lowest BCUT2D eigenvalue weighted by Crippen LogP contribution is -2.37. The molecule has 2 amide bonds. The topological polar surface area (TPSA) is 87.7 Å². The van der Waals surface area contributed by atoms with Gasteiger partial charge in [0, 0.05) is 13.7 Å². The minimum absolute atomic E-state index is 0.153. The first-order chi connectivity index (χ1) is 9.85. The fraction of sp³-hybridized carbons (Fsp3) is 0.333. The van der Waals surface area contributed by atoms with Crippen molar-refractivity contribution < 1.29 is 32.6 Å². The normalized spacial score (nSPS) is 11.8. The number of aliphatic carboxylic acids is 1. The Balaban J connectivity index is 2.58. The lowest BCUT2D eigenvalue weighted by atomic mass is 10.2. The minimum atomic E-state index is -1.70. The van der Waals surface area contributed by atoms with Crippen LogP contribution < -0.4 is 10.6 Å². The number of carbonyl (C=O) groups is 2. The number of urea groups is 1. The molecule has 0 aliphatic rings. The predicted molar refractivity (Wildman–Crippen MR) is 66.4 cm³/mol. The van der Waals surface area contributed by atoms with Crippen molar-refractivity contribution in [3.05, 3.63) is 29.6 Å². The van der Waals surface area contributed by atoms with Gasteiger partial charge in [0.1, 0.15) is 0 Å². The average molecular weight is 306 g/mol. The molecule has 0 saturated carbocycles. The highest BCUT2D eigenvalue weighted by molar-refractivity contribution is 5.89. The van der Waals surface area contributed by atoms with E-state index >= 15 is 0 Å². The molecule has 0 bridgehead atoms. The van der Waals surface area contributed by atoms with Crippen molar-refractivity contribution in [3.8, 4) is 0 Å². The van der Waals surface area contributed by atoms with Gasteiger partial charge >= 0.3 is 12.0 Å². The summed E-state index contributed by atoms with van der Waals surface area (Å²) in [5, 5.41) is 12.8. The van der Waals surface area contributed by atoms with Gasteiger partial charge in [-0.3, -0.25) is 4.79 Å². The van der Waals surface area contributed by atoms with E-state index in [2.05, 4.69) is 5.32 Å². The van der Waals surface area contributed by atoms with E-state index in [0.717, 1.165) is 6.07 Å². The van der Waals surface area contributed by atoms with Gasteiger partial charge in [-0.1, -0.05) is 0 Å². The number of methoxy groups -OCH3 is 1. The number of carboxylic acid groups (broad SMARTS) is 1. The molecule has 0 spiro atoms. The largest absolute Gasteiger partial charge is 0.481 e. The van der Waals surface area contributed by atoms with E-state index in [1.54, 1.807) is 0 Å². The van der Waals surface area contributed by atoms with E-state index < -0.39 is 41.2 Å². The molecule has 1 aromatic rings. The van der Waals surface area contributed by atoms with Crippen molar-refractivity contribution in [2.75, 3.05) is 19.0 Å². The average Bonchev–Trinajstić information content (AvgIpc) is 2.43. The second-order valence-corrected chi connectivity index (χ2v) is 4.01. The van der Waals surface area contributed by atoms with Crippen LogP contribution in [0.25, 0.3) is 0 Å². The van der Waals surface area contributed by atoms with E-state index in [4.69, 9.17) is 9.84 Å². The molecule has 116 valence electrons. The molecule has 3 N–H and O–H groups in total. The number of carboxylic acids is 1. The number of hydrogen-bond acceptors (Lipinski definition) is 3. The van der Waals surface area contributed by atoms with Crippen LogP contribution in [0, 0.1) is 17.5 Å². The Labute approximate surface area is 117 Å². The zero-order chi connectivity index (χ0) is 16.0. The van der Waals surface area contributed by atoms with Crippen molar-refractivity contribution in [2.24, 2.45) is 0 Å². The first-order valence-corrected chi connectivity index (χ1v) is 5.78. The molecule has 6 nitrogen and oxygen atoms in total. The number of halogens is 3. The maximum absolute atomic E-state index is 13.3. The molecule has 0 saturated heterocycles. The number of carbonyl (C=O) groups excluding carboxylic acids is 1. The third kappa shape index (κ3) is 4.95. The van der Waals surface area contributed by atoms with Crippen molar-refractivity contribution in [1.82, 2.24) is 5.32 Å². The van der Waals surface area contributed by atoms with Crippen LogP contribution in [0.4, 0.5) is 23.7 Å². The monoisotopic (exact) mass is 306 g/mol. The summed E-state index contributed by atoms with van der Waals surface area (Å²) in [5.74, 6) is -5.72. The highest BCUT2D eigenvalue weighted by Gasteiger charge is 2.17. The number of nitrogens with one attached hydrogen (secondary N) is 2. The van der Waals surface area contributed by atoms with Crippen LogP contribution in [0.1, 0.15) is 6.42 Å². The van der Waals surface area contributed by atoms with Crippen molar-refractivity contribution in [1.29, 1.82) is 0 Å². The van der Waals surface area contributed by atoms with Gasteiger partial charge in [-0.15, -0.1) is 0 Å². The Morgan fingerprint density at radius 3 is 2.52 bits per heavy atom. The lowest BCUT2D eigenvalue weighted by Gasteiger charge is -2.14. The highest BCUT2D eigenvalue weighted by atomic mass is 19.2. The summed E-state index contributed by atoms with van der Waals surface area (Å²) in [4.78, 5) is 21.9. The van der Waals surface area contributed by atoms with E-state index in [9.17, 15) is 22.8 Å². The molecular formula is C12H13F3N2O4. The highest BCUT2D eigenvalue weighted by Crippen LogP contribution is 2.19. The summed E-state index contributed by atoms with van der Waals surface area (Å²) < 4.78 is 43.8. The standard InChI is InChI=1S/C12H13F3N2O4/c1-21-6(4-9(18)19)5-16-12(20)17-8-3-2-7(13)10(14)11(8)15/h2-3,6H,4-5H2,1H3,(H,18,19)(H2,16,17,20). The maximum Gasteiger partial charge on any atom is 0.319 e. The summed E-state index contributed by atoms with van der Waals surface area (Å²) in [6.45, 7) is -0.153. The summed E-state index contributed by atoms with van der Waals surface area (Å²) in [6.07, 6.45) is -1.11. The van der Waals surface area contributed by atoms with Crippen LogP contribution in [0.2, 0.25) is 0 Å². The number of hydrogen-bond donors (Lipinski definition) is 3. The molecule has 1 aromatic carbocycles. The Morgan fingerprint density at radius 1 is 1.29 bits per heavy atom. The Morgan fingerprint density at radius 2 is 1.95 bits per heavy atom. The molecule has 0 aliphatic carbocycles. The zero-order valence-corrected chi connectivity index (χ0v) is 11.0. The third-order valence-corrected chi connectivity index (χ3v) is 2.51. The van der Waals surface area contributed by atoms with Crippen LogP contribution in [0.3, 0.4) is 0 Å². The number of ether oxygens (including phenoxy) is 1. The van der Waals surface area contributed by atoms with Crippen LogP contribution in [0.15, 0.2) is 12.1 Å².